The number of benzene rings is 3. The van der Waals surface area contributed by atoms with E-state index >= 15 is 0 Å². The Balaban J connectivity index is 0.000000406. The number of halogens is 3. The molecule has 34 heavy (non-hydrogen) atoms. The topological polar surface area (TPSA) is 99.0 Å². The van der Waals surface area contributed by atoms with Crippen molar-refractivity contribution in [3.05, 3.63) is 102 Å². The van der Waals surface area contributed by atoms with Gasteiger partial charge in [0.2, 0.25) is 5.88 Å². The van der Waals surface area contributed by atoms with Crippen LogP contribution in [0, 0.1) is 11.3 Å². The standard InChI is InChI=1S/C23H17N3O.C2HF3O2/c24-15-18-8-6-17(7-9-18)14-22-25-16-23(26-22)27-21-12-10-20(11-13-21)19-4-2-1-3-5-19;3-2(4,5)1(6)7/h1-13,16H,14H2,(H,25,26);(H,6,7). The van der Waals surface area contributed by atoms with E-state index in [4.69, 9.17) is 19.9 Å². The Bertz CT molecular complexity index is 1260. The highest BCUT2D eigenvalue weighted by molar-refractivity contribution is 5.73. The van der Waals surface area contributed by atoms with Gasteiger partial charge in [0, 0.05) is 6.42 Å². The summed E-state index contributed by atoms with van der Waals surface area (Å²) in [6, 6.07) is 27.8. The summed E-state index contributed by atoms with van der Waals surface area (Å²) in [5.74, 6) is -0.586. The molecule has 0 fully saturated rings. The fourth-order valence-corrected chi connectivity index (χ4v) is 2.85. The van der Waals surface area contributed by atoms with Gasteiger partial charge < -0.3 is 14.8 Å². The highest BCUT2D eigenvalue weighted by Gasteiger charge is 2.38. The number of carboxylic acid groups (broad SMARTS) is 1. The molecular weight excluding hydrogens is 447 g/mol. The average Bonchev–Trinajstić information content (AvgIpc) is 3.27. The molecule has 6 nitrogen and oxygen atoms in total. The van der Waals surface area contributed by atoms with Crippen molar-refractivity contribution in [1.29, 1.82) is 5.26 Å². The number of aliphatic carboxylic acids is 1. The first-order chi connectivity index (χ1) is 16.2. The van der Waals surface area contributed by atoms with Gasteiger partial charge >= 0.3 is 12.1 Å². The summed E-state index contributed by atoms with van der Waals surface area (Å²) in [5, 5.41) is 16.0. The molecule has 0 unspecified atom stereocenters. The number of imidazole rings is 1. The lowest BCUT2D eigenvalue weighted by atomic mass is 10.1. The summed E-state index contributed by atoms with van der Waals surface area (Å²) in [5.41, 5.74) is 4.06. The largest absolute Gasteiger partial charge is 0.490 e. The molecule has 0 spiro atoms. The maximum atomic E-state index is 10.6. The highest BCUT2D eigenvalue weighted by Crippen LogP contribution is 2.25. The Morgan fingerprint density at radius 2 is 1.56 bits per heavy atom. The lowest BCUT2D eigenvalue weighted by Crippen LogP contribution is -2.21. The van der Waals surface area contributed by atoms with Gasteiger partial charge in [0.05, 0.1) is 17.8 Å². The van der Waals surface area contributed by atoms with Crippen LogP contribution in [0.5, 0.6) is 11.6 Å². The van der Waals surface area contributed by atoms with Crippen LogP contribution in [0.15, 0.2) is 85.1 Å². The summed E-state index contributed by atoms with van der Waals surface area (Å²) in [7, 11) is 0. The first-order valence-electron chi connectivity index (χ1n) is 9.91. The number of nitrogens with zero attached hydrogens (tertiary/aromatic N) is 2. The van der Waals surface area contributed by atoms with Crippen LogP contribution in [0.2, 0.25) is 0 Å². The van der Waals surface area contributed by atoms with E-state index < -0.39 is 12.1 Å². The van der Waals surface area contributed by atoms with E-state index in [-0.39, 0.29) is 0 Å². The number of hydrogen-bond donors (Lipinski definition) is 2. The number of carbonyl (C=O) groups is 1. The number of aromatic nitrogens is 2. The van der Waals surface area contributed by atoms with Crippen LogP contribution in [-0.4, -0.2) is 27.2 Å². The molecule has 0 radical (unpaired) electrons. The Hall–Kier alpha value is -4.58. The fraction of sp³-hybridized carbons (Fsp3) is 0.0800. The summed E-state index contributed by atoms with van der Waals surface area (Å²) >= 11 is 0. The maximum absolute atomic E-state index is 10.6. The van der Waals surface area contributed by atoms with E-state index in [2.05, 4.69) is 28.2 Å². The first-order valence-corrected chi connectivity index (χ1v) is 9.91. The molecule has 0 aliphatic carbocycles. The minimum absolute atomic E-state index is 0.603. The molecule has 1 heterocycles. The fourth-order valence-electron chi connectivity index (χ4n) is 2.85. The number of aromatic amines is 1. The van der Waals surface area contributed by atoms with Crippen molar-refractivity contribution >= 4 is 5.97 Å². The van der Waals surface area contributed by atoms with E-state index in [0.717, 1.165) is 22.7 Å². The SMILES string of the molecule is N#Cc1ccc(Cc2ncc(Oc3ccc(-c4ccccc4)cc3)[nH]2)cc1.O=C(O)C(F)(F)F. The monoisotopic (exact) mass is 465 g/mol. The Morgan fingerprint density at radius 1 is 0.971 bits per heavy atom. The molecule has 9 heteroatoms. The third-order valence-corrected chi connectivity index (χ3v) is 4.49. The van der Waals surface area contributed by atoms with E-state index in [1.54, 1.807) is 6.20 Å². The number of ether oxygens (including phenoxy) is 1. The molecule has 2 N–H and O–H groups in total. The second kappa shape index (κ2) is 10.8. The van der Waals surface area contributed by atoms with Crippen molar-refractivity contribution in [2.75, 3.05) is 0 Å². The van der Waals surface area contributed by atoms with E-state index in [1.165, 1.54) is 5.56 Å². The van der Waals surface area contributed by atoms with Gasteiger partial charge in [0.15, 0.2) is 0 Å². The first kappa shape index (κ1) is 24.1. The quantitative estimate of drug-likeness (QED) is 0.379. The molecular formula is C25H18F3N3O3. The lowest BCUT2D eigenvalue weighted by molar-refractivity contribution is -0.192. The van der Waals surface area contributed by atoms with E-state index in [0.29, 0.717) is 17.9 Å². The predicted octanol–water partition coefficient (Wildman–Crippen LogP) is 5.96. The zero-order chi connectivity index (χ0) is 24.6. The van der Waals surface area contributed by atoms with Gasteiger partial charge in [-0.3, -0.25) is 0 Å². The van der Waals surface area contributed by atoms with E-state index in [1.807, 2.05) is 66.7 Å². The van der Waals surface area contributed by atoms with Crippen LogP contribution >= 0.6 is 0 Å². The summed E-state index contributed by atoms with van der Waals surface area (Å²) in [6.45, 7) is 0. The zero-order valence-electron chi connectivity index (χ0n) is 17.6. The van der Waals surface area contributed by atoms with Crippen molar-refractivity contribution in [3.8, 4) is 28.8 Å². The summed E-state index contributed by atoms with van der Waals surface area (Å²) in [4.78, 5) is 16.5. The van der Waals surface area contributed by atoms with Gasteiger partial charge in [0.25, 0.3) is 0 Å². The number of alkyl halides is 3. The highest BCUT2D eigenvalue weighted by atomic mass is 19.4. The van der Waals surface area contributed by atoms with Gasteiger partial charge in [-0.05, 0) is 41.0 Å². The molecule has 1 aromatic heterocycles. The molecule has 0 atom stereocenters. The molecule has 0 saturated heterocycles. The third kappa shape index (κ3) is 6.97. The summed E-state index contributed by atoms with van der Waals surface area (Å²) < 4.78 is 37.6. The third-order valence-electron chi connectivity index (χ3n) is 4.49. The van der Waals surface area contributed by atoms with Crippen molar-refractivity contribution in [1.82, 2.24) is 9.97 Å². The zero-order valence-corrected chi connectivity index (χ0v) is 17.6. The number of hydrogen-bond acceptors (Lipinski definition) is 4. The van der Waals surface area contributed by atoms with Crippen molar-refractivity contribution in [3.63, 3.8) is 0 Å². The van der Waals surface area contributed by atoms with Crippen LogP contribution in [-0.2, 0) is 11.2 Å². The Labute approximate surface area is 192 Å². The second-order valence-corrected chi connectivity index (χ2v) is 6.98. The molecule has 4 aromatic rings. The minimum atomic E-state index is -5.08. The molecule has 0 aliphatic rings. The Kier molecular flexibility index (Phi) is 7.67. The molecule has 0 bridgehead atoms. The van der Waals surface area contributed by atoms with Crippen LogP contribution < -0.4 is 4.74 Å². The molecule has 0 amide bonds. The normalized spacial score (nSPS) is 10.5. The van der Waals surface area contributed by atoms with Crippen molar-refractivity contribution in [2.45, 2.75) is 12.6 Å². The smallest absolute Gasteiger partial charge is 0.475 e. The second-order valence-electron chi connectivity index (χ2n) is 6.98. The number of carboxylic acids is 1. The molecule has 0 aliphatic heterocycles. The van der Waals surface area contributed by atoms with Crippen LogP contribution in [0.4, 0.5) is 13.2 Å². The van der Waals surface area contributed by atoms with Gasteiger partial charge in [-0.25, -0.2) is 9.78 Å². The number of rotatable bonds is 5. The number of nitriles is 1. The van der Waals surface area contributed by atoms with Crippen LogP contribution in [0.25, 0.3) is 11.1 Å². The van der Waals surface area contributed by atoms with Gasteiger partial charge in [0.1, 0.15) is 11.6 Å². The van der Waals surface area contributed by atoms with Gasteiger partial charge in [-0.2, -0.15) is 18.4 Å². The van der Waals surface area contributed by atoms with Gasteiger partial charge in [-0.15, -0.1) is 0 Å². The summed E-state index contributed by atoms with van der Waals surface area (Å²) in [6.07, 6.45) is -2.74. The number of nitrogens with one attached hydrogen (secondary N) is 1. The minimum Gasteiger partial charge on any atom is -0.475 e. The maximum Gasteiger partial charge on any atom is 0.490 e. The van der Waals surface area contributed by atoms with Gasteiger partial charge in [-0.1, -0.05) is 54.6 Å². The Morgan fingerprint density at radius 3 is 2.12 bits per heavy atom. The predicted molar refractivity (Wildman–Crippen MR) is 118 cm³/mol. The molecule has 172 valence electrons. The average molecular weight is 465 g/mol. The van der Waals surface area contributed by atoms with Crippen LogP contribution in [0.1, 0.15) is 17.0 Å². The van der Waals surface area contributed by atoms with E-state index in [9.17, 15) is 13.2 Å². The van der Waals surface area contributed by atoms with Crippen LogP contribution in [0.3, 0.4) is 0 Å². The lowest BCUT2D eigenvalue weighted by Gasteiger charge is -2.05. The molecule has 4 rings (SSSR count). The van der Waals surface area contributed by atoms with Crippen molar-refractivity contribution in [2.24, 2.45) is 0 Å². The number of H-pyrrole nitrogens is 1. The molecule has 0 saturated carbocycles. The molecule has 3 aromatic carbocycles. The van der Waals surface area contributed by atoms with Crippen molar-refractivity contribution < 1.29 is 27.8 Å².